The Bertz CT molecular complexity index is 840. The molecule has 8 heteroatoms. The molecule has 1 heterocycles. The first kappa shape index (κ1) is 16.9. The number of carbonyl (C=O) groups excluding carboxylic acids is 2. The molecule has 0 unspecified atom stereocenters. The fourth-order valence-electron chi connectivity index (χ4n) is 1.95. The molecule has 0 saturated carbocycles. The molecule has 1 aromatic carbocycles. The van der Waals surface area contributed by atoms with Crippen LogP contribution in [0, 0.1) is 0 Å². The quantitative estimate of drug-likeness (QED) is 0.686. The summed E-state index contributed by atoms with van der Waals surface area (Å²) in [5, 5.41) is 2.67. The molecule has 0 aliphatic carbocycles. The second-order valence-corrected chi connectivity index (χ2v) is 6.78. The molecule has 122 valence electrons. The van der Waals surface area contributed by atoms with E-state index in [-0.39, 0.29) is 28.8 Å². The van der Waals surface area contributed by atoms with Crippen LogP contribution in [0.2, 0.25) is 0 Å². The zero-order valence-corrected chi connectivity index (χ0v) is 13.5. The summed E-state index contributed by atoms with van der Waals surface area (Å²) in [5.74, 6) is -0.510. The van der Waals surface area contributed by atoms with E-state index < -0.39 is 10.0 Å². The largest absolute Gasteiger partial charge is 0.356 e. The summed E-state index contributed by atoms with van der Waals surface area (Å²) >= 11 is 0. The Hall–Kier alpha value is -2.45. The van der Waals surface area contributed by atoms with E-state index in [2.05, 4.69) is 15.0 Å². The predicted octanol–water partition coefficient (Wildman–Crippen LogP) is 1.06. The lowest BCUT2D eigenvalue weighted by Crippen LogP contribution is -2.23. The maximum Gasteiger partial charge on any atom is 0.267 e. The maximum absolute atomic E-state index is 12.0. The third-order valence-corrected chi connectivity index (χ3v) is 4.68. The van der Waals surface area contributed by atoms with Gasteiger partial charge in [-0.05, 0) is 37.7 Å². The average molecular weight is 335 g/mol. The number of amides is 1. The van der Waals surface area contributed by atoms with E-state index in [9.17, 15) is 18.0 Å². The van der Waals surface area contributed by atoms with Gasteiger partial charge in [0.15, 0.2) is 5.78 Å². The van der Waals surface area contributed by atoms with Crippen molar-refractivity contribution in [3.8, 4) is 0 Å². The van der Waals surface area contributed by atoms with Gasteiger partial charge in [-0.2, -0.15) is 0 Å². The third-order valence-electron chi connectivity index (χ3n) is 3.26. The molecule has 0 fully saturated rings. The Morgan fingerprint density at radius 3 is 2.57 bits per heavy atom. The molecular weight excluding hydrogens is 318 g/mol. The summed E-state index contributed by atoms with van der Waals surface area (Å²) in [6.07, 6.45) is 1.47. The standard InChI is InChI=1S/C15H17N3O4S/c1-10(19)12-7-14(17-9-12)15(20)18-8-11-4-3-5-13(6-11)23(21,22)16-2/h3-7,9,16-17H,8H2,1-2H3,(H,18,20). The van der Waals surface area contributed by atoms with E-state index in [4.69, 9.17) is 0 Å². The van der Waals surface area contributed by atoms with Crippen LogP contribution in [0.5, 0.6) is 0 Å². The maximum atomic E-state index is 12.0. The number of sulfonamides is 1. The van der Waals surface area contributed by atoms with Crippen molar-refractivity contribution in [3.63, 3.8) is 0 Å². The van der Waals surface area contributed by atoms with Crippen molar-refractivity contribution in [2.24, 2.45) is 0 Å². The first-order valence-corrected chi connectivity index (χ1v) is 8.32. The number of aromatic amines is 1. The number of carbonyl (C=O) groups is 2. The molecule has 7 nitrogen and oxygen atoms in total. The molecule has 23 heavy (non-hydrogen) atoms. The summed E-state index contributed by atoms with van der Waals surface area (Å²) in [5.41, 5.74) is 1.35. The highest BCUT2D eigenvalue weighted by Gasteiger charge is 2.13. The zero-order valence-electron chi connectivity index (χ0n) is 12.7. The highest BCUT2D eigenvalue weighted by molar-refractivity contribution is 7.89. The molecule has 0 radical (unpaired) electrons. The summed E-state index contributed by atoms with van der Waals surface area (Å²) in [4.78, 5) is 26.1. The van der Waals surface area contributed by atoms with Crippen LogP contribution >= 0.6 is 0 Å². The normalized spacial score (nSPS) is 11.2. The summed E-state index contributed by atoms with van der Waals surface area (Å²) in [6.45, 7) is 1.58. The van der Waals surface area contributed by atoms with Gasteiger partial charge in [-0.3, -0.25) is 9.59 Å². The Labute approximate surface area is 134 Å². The van der Waals surface area contributed by atoms with Crippen molar-refractivity contribution in [2.75, 3.05) is 7.05 Å². The number of H-pyrrole nitrogens is 1. The number of hydrogen-bond donors (Lipinski definition) is 3. The van der Waals surface area contributed by atoms with Gasteiger partial charge in [-0.25, -0.2) is 13.1 Å². The van der Waals surface area contributed by atoms with Gasteiger partial charge in [0.1, 0.15) is 5.69 Å². The molecule has 1 aromatic heterocycles. The molecule has 0 bridgehead atoms. The number of ketones is 1. The SMILES string of the molecule is CNS(=O)(=O)c1cccc(CNC(=O)c2cc(C(C)=O)c[nH]2)c1. The number of nitrogens with one attached hydrogen (secondary N) is 3. The average Bonchev–Trinajstić information content (AvgIpc) is 3.03. The molecule has 3 N–H and O–H groups in total. The van der Waals surface area contributed by atoms with E-state index in [1.54, 1.807) is 12.1 Å². The Morgan fingerprint density at radius 2 is 1.96 bits per heavy atom. The van der Waals surface area contributed by atoms with Crippen molar-refractivity contribution in [1.29, 1.82) is 0 Å². The number of benzene rings is 1. The van der Waals surface area contributed by atoms with Gasteiger partial charge in [0.05, 0.1) is 4.90 Å². The molecule has 0 aliphatic heterocycles. The summed E-state index contributed by atoms with van der Waals surface area (Å²) in [6, 6.07) is 7.75. The Balaban J connectivity index is 2.07. The minimum atomic E-state index is -3.52. The van der Waals surface area contributed by atoms with Gasteiger partial charge in [-0.1, -0.05) is 12.1 Å². The monoisotopic (exact) mass is 335 g/mol. The van der Waals surface area contributed by atoms with Crippen LogP contribution in [0.3, 0.4) is 0 Å². The number of Topliss-reactive ketones (excluding diaryl/α,β-unsaturated/α-hetero) is 1. The van der Waals surface area contributed by atoms with E-state index in [0.29, 0.717) is 11.1 Å². The highest BCUT2D eigenvalue weighted by atomic mass is 32.2. The van der Waals surface area contributed by atoms with Crippen molar-refractivity contribution in [1.82, 2.24) is 15.0 Å². The molecule has 0 spiro atoms. The van der Waals surface area contributed by atoms with Crippen molar-refractivity contribution in [2.45, 2.75) is 18.4 Å². The van der Waals surface area contributed by atoms with Crippen molar-refractivity contribution >= 4 is 21.7 Å². The van der Waals surface area contributed by atoms with Gasteiger partial charge in [0, 0.05) is 18.3 Å². The van der Waals surface area contributed by atoms with Gasteiger partial charge < -0.3 is 10.3 Å². The Kier molecular flexibility index (Phi) is 4.97. The molecule has 0 saturated heterocycles. The lowest BCUT2D eigenvalue weighted by atomic mass is 10.2. The van der Waals surface area contributed by atoms with Crippen molar-refractivity contribution in [3.05, 3.63) is 53.3 Å². The number of rotatable bonds is 6. The Morgan fingerprint density at radius 1 is 1.22 bits per heavy atom. The first-order valence-electron chi connectivity index (χ1n) is 6.83. The van der Waals surface area contributed by atoms with E-state index >= 15 is 0 Å². The van der Waals surface area contributed by atoms with E-state index in [1.807, 2.05) is 0 Å². The minimum absolute atomic E-state index is 0.130. The molecule has 1 amide bonds. The van der Waals surface area contributed by atoms with Crippen LogP contribution in [0.4, 0.5) is 0 Å². The lowest BCUT2D eigenvalue weighted by Gasteiger charge is -2.07. The van der Waals surface area contributed by atoms with Crippen LogP contribution in [0.25, 0.3) is 0 Å². The van der Waals surface area contributed by atoms with Gasteiger partial charge in [0.25, 0.3) is 5.91 Å². The third kappa shape index (κ3) is 4.05. The fraction of sp³-hybridized carbons (Fsp3) is 0.200. The van der Waals surface area contributed by atoms with Crippen LogP contribution in [-0.2, 0) is 16.6 Å². The highest BCUT2D eigenvalue weighted by Crippen LogP contribution is 2.11. The van der Waals surface area contributed by atoms with E-state index in [1.165, 1.54) is 38.4 Å². The molecule has 2 rings (SSSR count). The van der Waals surface area contributed by atoms with E-state index in [0.717, 1.165) is 0 Å². The van der Waals surface area contributed by atoms with Crippen molar-refractivity contribution < 1.29 is 18.0 Å². The molecule has 2 aromatic rings. The van der Waals surface area contributed by atoms with Gasteiger partial charge in [0.2, 0.25) is 10.0 Å². The van der Waals surface area contributed by atoms with Gasteiger partial charge in [-0.15, -0.1) is 0 Å². The number of hydrogen-bond acceptors (Lipinski definition) is 4. The topological polar surface area (TPSA) is 108 Å². The first-order chi connectivity index (χ1) is 10.8. The summed E-state index contributed by atoms with van der Waals surface area (Å²) < 4.78 is 25.7. The smallest absolute Gasteiger partial charge is 0.267 e. The van der Waals surface area contributed by atoms with Crippen LogP contribution in [0.1, 0.15) is 33.3 Å². The fourth-order valence-corrected chi connectivity index (χ4v) is 2.75. The van der Waals surface area contributed by atoms with Crippen LogP contribution in [-0.4, -0.2) is 32.1 Å². The summed E-state index contributed by atoms with van der Waals surface area (Å²) in [7, 11) is -2.19. The van der Waals surface area contributed by atoms with Crippen LogP contribution in [0.15, 0.2) is 41.4 Å². The lowest BCUT2D eigenvalue weighted by molar-refractivity contribution is 0.0946. The number of aromatic nitrogens is 1. The zero-order chi connectivity index (χ0) is 17.0. The second-order valence-electron chi connectivity index (χ2n) is 4.90. The predicted molar refractivity (Wildman–Crippen MR) is 84.7 cm³/mol. The molecular formula is C15H17N3O4S. The second kappa shape index (κ2) is 6.76. The van der Waals surface area contributed by atoms with Crippen LogP contribution < -0.4 is 10.0 Å². The van der Waals surface area contributed by atoms with Gasteiger partial charge >= 0.3 is 0 Å². The molecule has 0 atom stereocenters. The molecule has 0 aliphatic rings. The minimum Gasteiger partial charge on any atom is -0.356 e.